The second-order valence-electron chi connectivity index (χ2n) is 6.31. The summed E-state index contributed by atoms with van der Waals surface area (Å²) in [4.78, 5) is 13.5. The van der Waals surface area contributed by atoms with Crippen LogP contribution in [0.1, 0.15) is 0 Å². The summed E-state index contributed by atoms with van der Waals surface area (Å²) >= 11 is 6.26. The zero-order chi connectivity index (χ0) is 18.2. The Morgan fingerprint density at radius 2 is 1.19 bits per heavy atom. The fourth-order valence-electron chi connectivity index (χ4n) is 3.43. The number of hydrogen-bond acceptors (Lipinski definition) is 3. The highest BCUT2D eigenvalue weighted by Gasteiger charge is 2.13. The summed E-state index contributed by atoms with van der Waals surface area (Å²) in [7, 11) is 0. The molecule has 1 aromatic heterocycles. The Morgan fingerprint density at radius 1 is 0.556 bits per heavy atom. The lowest BCUT2D eigenvalue weighted by Gasteiger charge is -2.11. The summed E-state index contributed by atoms with van der Waals surface area (Å²) in [6.07, 6.45) is 0. The molecule has 0 bridgehead atoms. The molecule has 5 aromatic rings. The molecule has 0 amide bonds. The van der Waals surface area contributed by atoms with Gasteiger partial charge in [-0.15, -0.1) is 0 Å². The molecule has 3 nitrogen and oxygen atoms in total. The van der Waals surface area contributed by atoms with E-state index < -0.39 is 0 Å². The third-order valence-corrected chi connectivity index (χ3v) is 4.82. The lowest BCUT2D eigenvalue weighted by atomic mass is 9.97. The molecule has 0 saturated heterocycles. The molecule has 1 heterocycles. The SMILES string of the molecule is Clc1nc(-c2ccccc2)nc(-c2cc3ccccc3c3ccccc23)n1. The zero-order valence-electron chi connectivity index (χ0n) is 14.3. The number of fused-ring (bicyclic) bond motifs is 3. The molecule has 27 heavy (non-hydrogen) atoms. The summed E-state index contributed by atoms with van der Waals surface area (Å²) in [6.45, 7) is 0. The van der Waals surface area contributed by atoms with Crippen LogP contribution < -0.4 is 0 Å². The lowest BCUT2D eigenvalue weighted by molar-refractivity contribution is 1.07. The van der Waals surface area contributed by atoms with Gasteiger partial charge in [-0.3, -0.25) is 0 Å². The standard InChI is InChI=1S/C23H14ClN3/c24-23-26-21(15-8-2-1-3-9-15)25-22(27-23)20-14-16-10-4-5-11-17(16)18-12-6-7-13-19(18)20/h1-14H. The maximum atomic E-state index is 6.26. The number of benzene rings is 4. The van der Waals surface area contributed by atoms with E-state index in [1.54, 1.807) is 0 Å². The Kier molecular flexibility index (Phi) is 3.80. The molecule has 4 heteroatoms. The van der Waals surface area contributed by atoms with E-state index in [1.807, 2.05) is 48.5 Å². The van der Waals surface area contributed by atoms with Crippen LogP contribution >= 0.6 is 11.6 Å². The molecule has 0 spiro atoms. The Labute approximate surface area is 161 Å². The topological polar surface area (TPSA) is 38.7 Å². The van der Waals surface area contributed by atoms with Gasteiger partial charge in [-0.05, 0) is 39.2 Å². The summed E-state index contributed by atoms with van der Waals surface area (Å²) in [5.41, 5.74) is 1.86. The minimum Gasteiger partial charge on any atom is -0.208 e. The number of rotatable bonds is 2. The third kappa shape index (κ3) is 2.82. The van der Waals surface area contributed by atoms with E-state index in [2.05, 4.69) is 46.4 Å². The first-order chi connectivity index (χ1) is 13.3. The van der Waals surface area contributed by atoms with Crippen molar-refractivity contribution in [2.45, 2.75) is 0 Å². The van der Waals surface area contributed by atoms with Gasteiger partial charge in [0.15, 0.2) is 11.6 Å². The predicted molar refractivity (Wildman–Crippen MR) is 111 cm³/mol. The van der Waals surface area contributed by atoms with Gasteiger partial charge in [0.1, 0.15) is 0 Å². The molecule has 0 radical (unpaired) electrons. The van der Waals surface area contributed by atoms with E-state index in [0.717, 1.165) is 21.9 Å². The Morgan fingerprint density at radius 3 is 2.00 bits per heavy atom. The van der Waals surface area contributed by atoms with Crippen molar-refractivity contribution in [1.82, 2.24) is 15.0 Å². The summed E-state index contributed by atoms with van der Waals surface area (Å²) in [6, 6.07) is 28.6. The van der Waals surface area contributed by atoms with Gasteiger partial charge >= 0.3 is 0 Å². The fourth-order valence-corrected chi connectivity index (χ4v) is 3.59. The Hall–Kier alpha value is -3.30. The minimum absolute atomic E-state index is 0.191. The van der Waals surface area contributed by atoms with Crippen molar-refractivity contribution in [1.29, 1.82) is 0 Å². The number of aromatic nitrogens is 3. The second-order valence-corrected chi connectivity index (χ2v) is 6.65. The zero-order valence-corrected chi connectivity index (χ0v) is 15.1. The van der Waals surface area contributed by atoms with Crippen LogP contribution in [0, 0.1) is 0 Å². The molecule has 0 N–H and O–H groups in total. The normalized spacial score (nSPS) is 11.1. The lowest BCUT2D eigenvalue weighted by Crippen LogP contribution is -1.98. The molecule has 4 aromatic carbocycles. The van der Waals surface area contributed by atoms with Gasteiger partial charge in [0.25, 0.3) is 0 Å². The van der Waals surface area contributed by atoms with Gasteiger partial charge < -0.3 is 0 Å². The second kappa shape index (κ2) is 6.45. The van der Waals surface area contributed by atoms with Crippen molar-refractivity contribution >= 4 is 33.1 Å². The first-order valence-electron chi connectivity index (χ1n) is 8.67. The molecule has 0 unspecified atom stereocenters. The maximum absolute atomic E-state index is 6.26. The monoisotopic (exact) mass is 367 g/mol. The van der Waals surface area contributed by atoms with E-state index >= 15 is 0 Å². The largest absolute Gasteiger partial charge is 0.226 e. The van der Waals surface area contributed by atoms with Crippen LogP contribution in [0.4, 0.5) is 0 Å². The maximum Gasteiger partial charge on any atom is 0.226 e. The molecule has 0 aliphatic rings. The molecular weight excluding hydrogens is 354 g/mol. The van der Waals surface area contributed by atoms with E-state index in [4.69, 9.17) is 16.6 Å². The van der Waals surface area contributed by atoms with Crippen LogP contribution in [-0.2, 0) is 0 Å². The van der Waals surface area contributed by atoms with Crippen molar-refractivity contribution in [3.63, 3.8) is 0 Å². The number of hydrogen-bond donors (Lipinski definition) is 0. The minimum atomic E-state index is 0.191. The van der Waals surface area contributed by atoms with Crippen molar-refractivity contribution in [2.75, 3.05) is 0 Å². The summed E-state index contributed by atoms with van der Waals surface area (Å²) in [5.74, 6) is 1.15. The van der Waals surface area contributed by atoms with E-state index in [-0.39, 0.29) is 5.28 Å². The van der Waals surface area contributed by atoms with Crippen LogP contribution in [0.15, 0.2) is 84.9 Å². The molecule has 0 fully saturated rings. The van der Waals surface area contributed by atoms with Gasteiger partial charge in [0.05, 0.1) is 0 Å². The van der Waals surface area contributed by atoms with Gasteiger partial charge in [-0.1, -0.05) is 78.9 Å². The molecule has 0 saturated carbocycles. The van der Waals surface area contributed by atoms with Crippen molar-refractivity contribution in [2.24, 2.45) is 0 Å². The molecular formula is C23H14ClN3. The highest BCUT2D eigenvalue weighted by molar-refractivity contribution is 6.28. The van der Waals surface area contributed by atoms with E-state index in [9.17, 15) is 0 Å². The summed E-state index contributed by atoms with van der Waals surface area (Å²) in [5, 5.41) is 4.81. The Bertz CT molecular complexity index is 1280. The average molecular weight is 368 g/mol. The van der Waals surface area contributed by atoms with Crippen LogP contribution in [0.3, 0.4) is 0 Å². The van der Waals surface area contributed by atoms with E-state index in [0.29, 0.717) is 11.6 Å². The van der Waals surface area contributed by atoms with E-state index in [1.165, 1.54) is 10.8 Å². The van der Waals surface area contributed by atoms with Crippen LogP contribution in [0.2, 0.25) is 5.28 Å². The molecule has 0 aliphatic heterocycles. The van der Waals surface area contributed by atoms with Gasteiger partial charge in [0, 0.05) is 11.1 Å². The molecule has 0 aliphatic carbocycles. The first-order valence-corrected chi connectivity index (χ1v) is 9.05. The van der Waals surface area contributed by atoms with Gasteiger partial charge in [-0.2, -0.15) is 9.97 Å². The third-order valence-electron chi connectivity index (χ3n) is 4.65. The highest BCUT2D eigenvalue weighted by atomic mass is 35.5. The Balaban J connectivity index is 1.82. The summed E-state index contributed by atoms with van der Waals surface area (Å²) < 4.78 is 0. The van der Waals surface area contributed by atoms with Crippen molar-refractivity contribution in [3.8, 4) is 22.8 Å². The first kappa shape index (κ1) is 15.9. The molecule has 5 rings (SSSR count). The number of halogens is 1. The van der Waals surface area contributed by atoms with Crippen LogP contribution in [0.5, 0.6) is 0 Å². The fraction of sp³-hybridized carbons (Fsp3) is 0. The highest BCUT2D eigenvalue weighted by Crippen LogP contribution is 2.34. The van der Waals surface area contributed by atoms with Crippen LogP contribution in [-0.4, -0.2) is 15.0 Å². The van der Waals surface area contributed by atoms with Crippen molar-refractivity contribution < 1.29 is 0 Å². The smallest absolute Gasteiger partial charge is 0.208 e. The van der Waals surface area contributed by atoms with Gasteiger partial charge in [-0.25, -0.2) is 4.98 Å². The molecule has 128 valence electrons. The van der Waals surface area contributed by atoms with Crippen LogP contribution in [0.25, 0.3) is 44.3 Å². The van der Waals surface area contributed by atoms with Gasteiger partial charge in [0.2, 0.25) is 5.28 Å². The number of nitrogens with zero attached hydrogens (tertiary/aromatic N) is 3. The molecule has 0 atom stereocenters. The average Bonchev–Trinajstić information content (AvgIpc) is 2.73. The predicted octanol–water partition coefficient (Wildman–Crippen LogP) is 6.17. The quantitative estimate of drug-likeness (QED) is 0.350. The van der Waals surface area contributed by atoms with Crippen molar-refractivity contribution in [3.05, 3.63) is 90.2 Å².